The van der Waals surface area contributed by atoms with Crippen molar-refractivity contribution < 1.29 is 19.1 Å². The number of thioether (sulfide) groups is 1. The number of carbonyl (C=O) groups is 3. The minimum Gasteiger partial charge on any atom is -0.379 e. The van der Waals surface area contributed by atoms with E-state index in [9.17, 15) is 14.4 Å². The van der Waals surface area contributed by atoms with Crippen molar-refractivity contribution in [2.24, 2.45) is 0 Å². The fraction of sp³-hybridized carbons (Fsp3) is 0.550. The molecule has 1 N–H and O–H groups in total. The number of amides is 3. The van der Waals surface area contributed by atoms with Crippen molar-refractivity contribution in [3.63, 3.8) is 0 Å². The molecule has 0 aromatic heterocycles. The van der Waals surface area contributed by atoms with Crippen LogP contribution in [0, 0.1) is 0 Å². The highest BCUT2D eigenvalue weighted by molar-refractivity contribution is 7.99. The van der Waals surface area contributed by atoms with E-state index < -0.39 is 0 Å². The zero-order chi connectivity index (χ0) is 20.2. The molecule has 29 heavy (non-hydrogen) atoms. The van der Waals surface area contributed by atoms with E-state index in [2.05, 4.69) is 10.2 Å². The predicted molar refractivity (Wildman–Crippen MR) is 109 cm³/mol. The second-order valence-corrected chi connectivity index (χ2v) is 8.48. The third-order valence-corrected chi connectivity index (χ3v) is 6.54. The number of ether oxygens (including phenoxy) is 1. The van der Waals surface area contributed by atoms with Crippen LogP contribution in [-0.2, 0) is 20.9 Å². The van der Waals surface area contributed by atoms with Gasteiger partial charge < -0.3 is 19.9 Å². The summed E-state index contributed by atoms with van der Waals surface area (Å²) in [6, 6.07) is 6.92. The number of nitrogens with zero attached hydrogens (tertiary/aromatic N) is 3. The summed E-state index contributed by atoms with van der Waals surface area (Å²) in [6.45, 7) is 5.23. The van der Waals surface area contributed by atoms with Gasteiger partial charge in [-0.15, -0.1) is 11.8 Å². The number of piperazine rings is 1. The summed E-state index contributed by atoms with van der Waals surface area (Å²) in [5.41, 5.74) is 1.50. The molecule has 1 atom stereocenters. The van der Waals surface area contributed by atoms with Gasteiger partial charge in [-0.05, 0) is 17.7 Å². The van der Waals surface area contributed by atoms with Gasteiger partial charge in [0, 0.05) is 44.0 Å². The lowest BCUT2D eigenvalue weighted by Gasteiger charge is -2.35. The van der Waals surface area contributed by atoms with E-state index in [-0.39, 0.29) is 30.3 Å². The molecule has 8 nitrogen and oxygen atoms in total. The van der Waals surface area contributed by atoms with E-state index in [1.165, 1.54) is 0 Å². The molecule has 0 spiro atoms. The van der Waals surface area contributed by atoms with Gasteiger partial charge in [0.05, 0.1) is 19.1 Å². The summed E-state index contributed by atoms with van der Waals surface area (Å²) in [4.78, 5) is 42.8. The summed E-state index contributed by atoms with van der Waals surface area (Å²) >= 11 is 1.62. The second kappa shape index (κ2) is 9.15. The average molecular weight is 419 g/mol. The van der Waals surface area contributed by atoms with Crippen LogP contribution < -0.4 is 5.32 Å². The molecule has 156 valence electrons. The van der Waals surface area contributed by atoms with Crippen molar-refractivity contribution in [3.05, 3.63) is 35.4 Å². The minimum absolute atomic E-state index is 0.0101. The Kier molecular flexibility index (Phi) is 6.37. The van der Waals surface area contributed by atoms with Crippen molar-refractivity contribution in [1.82, 2.24) is 20.0 Å². The Morgan fingerprint density at radius 1 is 1.17 bits per heavy atom. The topological polar surface area (TPSA) is 82.2 Å². The zero-order valence-electron chi connectivity index (χ0n) is 16.3. The third kappa shape index (κ3) is 4.73. The van der Waals surface area contributed by atoms with Crippen LogP contribution in [0.5, 0.6) is 0 Å². The van der Waals surface area contributed by atoms with E-state index >= 15 is 0 Å². The quantitative estimate of drug-likeness (QED) is 0.700. The number of hydrogen-bond acceptors (Lipinski definition) is 6. The maximum Gasteiger partial charge on any atom is 0.251 e. The van der Waals surface area contributed by atoms with Crippen molar-refractivity contribution >= 4 is 29.5 Å². The number of benzene rings is 1. The SMILES string of the molecule is O=C(NCCN1CCOCC1)c1ccc(CN2CC(=O)N3CSCC3C2=O)cc1. The minimum atomic E-state index is -0.322. The van der Waals surface area contributed by atoms with Crippen LogP contribution in [0.3, 0.4) is 0 Å². The molecule has 3 fully saturated rings. The largest absolute Gasteiger partial charge is 0.379 e. The maximum atomic E-state index is 12.6. The Morgan fingerprint density at radius 2 is 1.93 bits per heavy atom. The van der Waals surface area contributed by atoms with Crippen LogP contribution in [-0.4, -0.2) is 96.0 Å². The lowest BCUT2D eigenvalue weighted by molar-refractivity contribution is -0.153. The summed E-state index contributed by atoms with van der Waals surface area (Å²) in [5, 5.41) is 2.95. The normalized spacial score (nSPS) is 22.7. The molecule has 0 radical (unpaired) electrons. The number of fused-ring (bicyclic) bond motifs is 1. The standard InChI is InChI=1S/C20H26N4O4S/c25-18-12-23(20(27)17-13-29-14-24(17)18)11-15-1-3-16(4-2-15)19(26)21-5-6-22-7-9-28-10-8-22/h1-4,17H,5-14H2,(H,21,26). The second-order valence-electron chi connectivity index (χ2n) is 7.48. The zero-order valence-corrected chi connectivity index (χ0v) is 17.2. The molecule has 4 rings (SSSR count). The molecule has 1 unspecified atom stereocenters. The van der Waals surface area contributed by atoms with E-state index in [0.717, 1.165) is 38.4 Å². The van der Waals surface area contributed by atoms with Gasteiger partial charge in [0.2, 0.25) is 11.8 Å². The van der Waals surface area contributed by atoms with Gasteiger partial charge in [-0.2, -0.15) is 0 Å². The summed E-state index contributed by atoms with van der Waals surface area (Å²) in [5.74, 6) is 1.20. The molecule has 3 amide bonds. The van der Waals surface area contributed by atoms with Gasteiger partial charge in [-0.25, -0.2) is 0 Å². The van der Waals surface area contributed by atoms with Gasteiger partial charge in [-0.1, -0.05) is 12.1 Å². The first-order valence-corrected chi connectivity index (χ1v) is 11.1. The van der Waals surface area contributed by atoms with Crippen LogP contribution in [0.4, 0.5) is 0 Å². The van der Waals surface area contributed by atoms with Gasteiger partial charge in [0.25, 0.3) is 5.91 Å². The van der Waals surface area contributed by atoms with Crippen molar-refractivity contribution in [2.45, 2.75) is 12.6 Å². The summed E-state index contributed by atoms with van der Waals surface area (Å²) < 4.78 is 5.32. The molecular weight excluding hydrogens is 392 g/mol. The number of rotatable bonds is 6. The van der Waals surface area contributed by atoms with Gasteiger partial charge in [0.15, 0.2) is 0 Å². The Balaban J connectivity index is 1.28. The number of carbonyl (C=O) groups excluding carboxylic acids is 3. The Labute approximate surface area is 174 Å². The van der Waals surface area contributed by atoms with E-state index in [4.69, 9.17) is 4.74 Å². The molecule has 3 saturated heterocycles. The Morgan fingerprint density at radius 3 is 2.69 bits per heavy atom. The first-order valence-electron chi connectivity index (χ1n) is 9.95. The van der Waals surface area contributed by atoms with Crippen LogP contribution in [0.25, 0.3) is 0 Å². The Hall–Kier alpha value is -2.10. The maximum absolute atomic E-state index is 12.6. The molecule has 9 heteroatoms. The predicted octanol–water partition coefficient (Wildman–Crippen LogP) is -0.00770. The van der Waals surface area contributed by atoms with Gasteiger partial charge in [0.1, 0.15) is 12.6 Å². The smallest absolute Gasteiger partial charge is 0.251 e. The van der Waals surface area contributed by atoms with E-state index in [1.807, 2.05) is 12.1 Å². The molecule has 3 aliphatic rings. The van der Waals surface area contributed by atoms with Crippen LogP contribution in [0.2, 0.25) is 0 Å². The number of hydrogen-bond donors (Lipinski definition) is 1. The van der Waals surface area contributed by atoms with Crippen LogP contribution in [0.15, 0.2) is 24.3 Å². The summed E-state index contributed by atoms with van der Waals surface area (Å²) in [7, 11) is 0. The third-order valence-electron chi connectivity index (χ3n) is 5.53. The first-order chi connectivity index (χ1) is 14.1. The van der Waals surface area contributed by atoms with Crippen LogP contribution in [0.1, 0.15) is 15.9 Å². The Bertz CT molecular complexity index is 766. The van der Waals surface area contributed by atoms with Gasteiger partial charge >= 0.3 is 0 Å². The fourth-order valence-corrected chi connectivity index (χ4v) is 4.98. The lowest BCUT2D eigenvalue weighted by Crippen LogP contribution is -2.57. The molecule has 0 bridgehead atoms. The molecule has 3 heterocycles. The van der Waals surface area contributed by atoms with E-state index in [1.54, 1.807) is 33.7 Å². The average Bonchev–Trinajstić information content (AvgIpc) is 3.24. The fourth-order valence-electron chi connectivity index (χ4n) is 3.81. The number of morpholine rings is 1. The first kappa shape index (κ1) is 20.2. The highest BCUT2D eigenvalue weighted by atomic mass is 32.2. The van der Waals surface area contributed by atoms with E-state index in [0.29, 0.717) is 30.3 Å². The molecule has 0 saturated carbocycles. The van der Waals surface area contributed by atoms with Crippen molar-refractivity contribution in [2.75, 3.05) is 57.6 Å². The highest BCUT2D eigenvalue weighted by Gasteiger charge is 2.42. The molecule has 1 aromatic carbocycles. The monoisotopic (exact) mass is 418 g/mol. The summed E-state index contributed by atoms with van der Waals surface area (Å²) in [6.07, 6.45) is 0. The molecule has 0 aliphatic carbocycles. The van der Waals surface area contributed by atoms with Crippen LogP contribution >= 0.6 is 11.8 Å². The molecular formula is C20H26N4O4S. The van der Waals surface area contributed by atoms with Gasteiger partial charge in [-0.3, -0.25) is 19.3 Å². The number of nitrogens with one attached hydrogen (secondary N) is 1. The lowest BCUT2D eigenvalue weighted by atomic mass is 10.1. The van der Waals surface area contributed by atoms with Crippen molar-refractivity contribution in [1.29, 1.82) is 0 Å². The molecule has 3 aliphatic heterocycles. The van der Waals surface area contributed by atoms with Crippen molar-refractivity contribution in [3.8, 4) is 0 Å². The highest BCUT2D eigenvalue weighted by Crippen LogP contribution is 2.26. The molecule has 1 aromatic rings.